The van der Waals surface area contributed by atoms with Crippen LogP contribution in [-0.4, -0.2) is 18.5 Å². The predicted molar refractivity (Wildman–Crippen MR) is 96.4 cm³/mol. The summed E-state index contributed by atoms with van der Waals surface area (Å²) in [6.07, 6.45) is -4.56. The number of carbonyl (C=O) groups excluding carboxylic acids is 2. The number of nitriles is 1. The summed E-state index contributed by atoms with van der Waals surface area (Å²) in [5, 5.41) is 14.2. The van der Waals surface area contributed by atoms with Gasteiger partial charge in [-0.15, -0.1) is 0 Å². The number of anilines is 1. The first-order chi connectivity index (χ1) is 13.8. The van der Waals surface area contributed by atoms with Crippen molar-refractivity contribution in [2.45, 2.75) is 12.2 Å². The van der Waals surface area contributed by atoms with Crippen molar-refractivity contribution in [1.29, 1.82) is 5.26 Å². The molecule has 2 aromatic carbocycles. The van der Waals surface area contributed by atoms with Crippen LogP contribution in [0, 0.1) is 11.3 Å². The molecule has 0 aromatic heterocycles. The van der Waals surface area contributed by atoms with Crippen molar-refractivity contribution in [2.24, 2.45) is 0 Å². The zero-order chi connectivity index (χ0) is 20.8. The Morgan fingerprint density at radius 1 is 1.10 bits per heavy atom. The fourth-order valence-corrected chi connectivity index (χ4v) is 3.46. The van der Waals surface area contributed by atoms with Crippen LogP contribution >= 0.6 is 0 Å². The zero-order valence-electron chi connectivity index (χ0n) is 14.7. The Hall–Kier alpha value is -3.80. The topological polar surface area (TPSA) is 85.2 Å². The molecule has 9 heteroatoms. The van der Waals surface area contributed by atoms with Gasteiger partial charge in [-0.2, -0.15) is 18.4 Å². The highest BCUT2D eigenvalue weighted by Gasteiger charge is 2.42. The maximum atomic E-state index is 13.1. The summed E-state index contributed by atoms with van der Waals surface area (Å²) in [6, 6.07) is 11.3. The number of hydrogen-bond donors (Lipinski definition) is 2. The van der Waals surface area contributed by atoms with E-state index in [1.54, 1.807) is 24.3 Å². The van der Waals surface area contributed by atoms with Crippen molar-refractivity contribution in [2.75, 3.05) is 11.4 Å². The first-order valence-electron chi connectivity index (χ1n) is 8.59. The van der Waals surface area contributed by atoms with E-state index < -0.39 is 29.7 Å². The lowest BCUT2D eigenvalue weighted by Gasteiger charge is -2.33. The molecule has 0 saturated heterocycles. The molecule has 0 spiro atoms. The SMILES string of the molecule is N#Cc1ccc(C2NC(=O)N(c3cccc(C(F)(F)F)c3)C3=C2C(=O)NC3)cc1. The number of rotatable bonds is 2. The molecule has 1 unspecified atom stereocenters. The number of benzene rings is 2. The van der Waals surface area contributed by atoms with Crippen molar-refractivity contribution in [3.63, 3.8) is 0 Å². The van der Waals surface area contributed by atoms with Gasteiger partial charge in [0.1, 0.15) is 0 Å². The molecule has 2 aromatic rings. The summed E-state index contributed by atoms with van der Waals surface area (Å²) in [5.41, 5.74) is 0.687. The van der Waals surface area contributed by atoms with Crippen LogP contribution in [-0.2, 0) is 11.0 Å². The zero-order valence-corrected chi connectivity index (χ0v) is 14.7. The molecule has 0 bridgehead atoms. The highest BCUT2D eigenvalue weighted by molar-refractivity contribution is 6.07. The van der Waals surface area contributed by atoms with Gasteiger partial charge in [-0.25, -0.2) is 4.79 Å². The third-order valence-corrected chi connectivity index (χ3v) is 4.81. The fraction of sp³-hybridized carbons (Fsp3) is 0.150. The van der Waals surface area contributed by atoms with Crippen LogP contribution in [0.3, 0.4) is 0 Å². The second-order valence-corrected chi connectivity index (χ2v) is 6.54. The first-order valence-corrected chi connectivity index (χ1v) is 8.59. The lowest BCUT2D eigenvalue weighted by Crippen LogP contribution is -2.47. The van der Waals surface area contributed by atoms with Gasteiger partial charge >= 0.3 is 12.2 Å². The van der Waals surface area contributed by atoms with Gasteiger partial charge in [0, 0.05) is 0 Å². The van der Waals surface area contributed by atoms with Crippen LogP contribution in [0.2, 0.25) is 0 Å². The quantitative estimate of drug-likeness (QED) is 0.815. The minimum Gasteiger partial charge on any atom is -0.347 e. The Labute approximate surface area is 163 Å². The lowest BCUT2D eigenvalue weighted by molar-refractivity contribution is -0.137. The van der Waals surface area contributed by atoms with Crippen molar-refractivity contribution in [3.8, 4) is 6.07 Å². The summed E-state index contributed by atoms with van der Waals surface area (Å²) in [6.45, 7) is 0.0185. The molecule has 0 aliphatic carbocycles. The van der Waals surface area contributed by atoms with Crippen molar-refractivity contribution < 1.29 is 22.8 Å². The molecule has 146 valence electrons. The van der Waals surface area contributed by atoms with E-state index in [-0.39, 0.29) is 17.8 Å². The summed E-state index contributed by atoms with van der Waals surface area (Å²) in [5.74, 6) is -0.411. The maximum Gasteiger partial charge on any atom is 0.416 e. The molecule has 0 fully saturated rings. The van der Waals surface area contributed by atoms with E-state index in [4.69, 9.17) is 5.26 Å². The summed E-state index contributed by atoms with van der Waals surface area (Å²) >= 11 is 0. The van der Waals surface area contributed by atoms with Gasteiger partial charge in [-0.3, -0.25) is 9.69 Å². The Morgan fingerprint density at radius 3 is 2.48 bits per heavy atom. The molecule has 0 saturated carbocycles. The highest BCUT2D eigenvalue weighted by Crippen LogP contribution is 2.38. The number of amides is 3. The average Bonchev–Trinajstić information content (AvgIpc) is 3.08. The highest BCUT2D eigenvalue weighted by atomic mass is 19.4. The summed E-state index contributed by atoms with van der Waals surface area (Å²) in [4.78, 5) is 26.4. The monoisotopic (exact) mass is 398 g/mol. The molecule has 0 radical (unpaired) electrons. The van der Waals surface area contributed by atoms with Gasteiger partial charge in [-0.05, 0) is 35.9 Å². The lowest BCUT2D eigenvalue weighted by atomic mass is 9.94. The number of carbonyl (C=O) groups is 2. The van der Waals surface area contributed by atoms with Crippen molar-refractivity contribution >= 4 is 17.6 Å². The molecule has 2 aliphatic rings. The Morgan fingerprint density at radius 2 is 1.83 bits per heavy atom. The van der Waals surface area contributed by atoms with E-state index in [0.717, 1.165) is 17.0 Å². The number of alkyl halides is 3. The Bertz CT molecular complexity index is 1080. The number of urea groups is 1. The predicted octanol–water partition coefficient (Wildman–Crippen LogP) is 3.23. The molecule has 3 amide bonds. The van der Waals surface area contributed by atoms with Crippen LogP contribution in [0.4, 0.5) is 23.7 Å². The van der Waals surface area contributed by atoms with E-state index >= 15 is 0 Å². The van der Waals surface area contributed by atoms with Crippen molar-refractivity contribution in [1.82, 2.24) is 10.6 Å². The summed E-state index contributed by atoms with van der Waals surface area (Å²) in [7, 11) is 0. The van der Waals surface area contributed by atoms with Gasteiger partial charge in [0.2, 0.25) is 0 Å². The minimum atomic E-state index is -4.56. The van der Waals surface area contributed by atoms with E-state index in [0.29, 0.717) is 16.8 Å². The third kappa shape index (κ3) is 3.18. The molecule has 2 heterocycles. The standard InChI is InChI=1S/C20H13F3N4O2/c21-20(22,23)13-2-1-3-14(8-13)27-15-10-25-18(28)16(15)17(26-19(27)29)12-6-4-11(9-24)5-7-12/h1-8,17H,10H2,(H,25,28)(H,26,29). The number of nitrogens with zero attached hydrogens (tertiary/aromatic N) is 2. The van der Waals surface area contributed by atoms with E-state index in [2.05, 4.69) is 10.6 Å². The fourth-order valence-electron chi connectivity index (χ4n) is 3.46. The van der Waals surface area contributed by atoms with Gasteiger partial charge in [0.25, 0.3) is 5.91 Å². The van der Waals surface area contributed by atoms with E-state index in [1.165, 1.54) is 12.1 Å². The Balaban J connectivity index is 1.80. The smallest absolute Gasteiger partial charge is 0.347 e. The average molecular weight is 398 g/mol. The summed E-state index contributed by atoms with van der Waals surface area (Å²) < 4.78 is 39.3. The first kappa shape index (κ1) is 18.6. The molecule has 4 rings (SSSR count). The number of halogens is 3. The number of hydrogen-bond acceptors (Lipinski definition) is 3. The molecule has 29 heavy (non-hydrogen) atoms. The van der Waals surface area contributed by atoms with Gasteiger partial charge in [0.15, 0.2) is 0 Å². The van der Waals surface area contributed by atoms with Gasteiger partial charge < -0.3 is 10.6 Å². The second kappa shape index (κ2) is 6.67. The molecule has 2 aliphatic heterocycles. The van der Waals surface area contributed by atoms with Crippen LogP contribution in [0.1, 0.15) is 22.7 Å². The second-order valence-electron chi connectivity index (χ2n) is 6.54. The van der Waals surface area contributed by atoms with Crippen LogP contribution in [0.15, 0.2) is 59.8 Å². The van der Waals surface area contributed by atoms with Gasteiger partial charge in [-0.1, -0.05) is 18.2 Å². The Kier molecular flexibility index (Phi) is 4.27. The largest absolute Gasteiger partial charge is 0.416 e. The normalized spacial score (nSPS) is 18.8. The van der Waals surface area contributed by atoms with Gasteiger partial charge in [0.05, 0.1) is 46.7 Å². The van der Waals surface area contributed by atoms with Crippen LogP contribution in [0.25, 0.3) is 0 Å². The molecule has 1 atom stereocenters. The van der Waals surface area contributed by atoms with E-state index in [1.807, 2.05) is 6.07 Å². The van der Waals surface area contributed by atoms with Crippen molar-refractivity contribution in [3.05, 3.63) is 76.5 Å². The maximum absolute atomic E-state index is 13.1. The number of nitrogens with one attached hydrogen (secondary N) is 2. The molecular weight excluding hydrogens is 385 g/mol. The van der Waals surface area contributed by atoms with Crippen LogP contribution in [0.5, 0.6) is 0 Å². The molecule has 6 nitrogen and oxygen atoms in total. The third-order valence-electron chi connectivity index (χ3n) is 4.81. The molecular formula is C20H13F3N4O2. The minimum absolute atomic E-state index is 0.0135. The molecule has 2 N–H and O–H groups in total. The van der Waals surface area contributed by atoms with Crippen LogP contribution < -0.4 is 15.5 Å². The van der Waals surface area contributed by atoms with E-state index in [9.17, 15) is 22.8 Å².